The Morgan fingerprint density at radius 3 is 2.78 bits per heavy atom. The van der Waals surface area contributed by atoms with Gasteiger partial charge in [-0.2, -0.15) is 0 Å². The maximum Gasteiger partial charge on any atom is 0.0728 e. The predicted octanol–water partition coefficient (Wildman–Crippen LogP) is 3.11. The van der Waals surface area contributed by atoms with Gasteiger partial charge >= 0.3 is 0 Å². The molecule has 0 saturated heterocycles. The maximum atomic E-state index is 5.63. The third-order valence-electron chi connectivity index (χ3n) is 2.56. The standard InChI is InChI=1S/C14H25NO2S/c1-5-15-9-14-8-13(12(4)18-14)10-16-6-7-17-11(2)3/h8,11,15H,5-7,9-10H2,1-4H3. The minimum atomic E-state index is 0.281. The number of hydrogen-bond acceptors (Lipinski definition) is 4. The van der Waals surface area contributed by atoms with Gasteiger partial charge in [-0.25, -0.2) is 0 Å². The summed E-state index contributed by atoms with van der Waals surface area (Å²) in [4.78, 5) is 2.74. The summed E-state index contributed by atoms with van der Waals surface area (Å²) in [7, 11) is 0. The highest BCUT2D eigenvalue weighted by molar-refractivity contribution is 7.12. The zero-order valence-corrected chi connectivity index (χ0v) is 12.7. The zero-order valence-electron chi connectivity index (χ0n) is 11.9. The van der Waals surface area contributed by atoms with E-state index in [0.717, 1.165) is 13.1 Å². The molecule has 0 fully saturated rings. The summed E-state index contributed by atoms with van der Waals surface area (Å²) in [5.74, 6) is 0. The summed E-state index contributed by atoms with van der Waals surface area (Å²) in [6, 6.07) is 2.24. The molecule has 1 N–H and O–H groups in total. The highest BCUT2D eigenvalue weighted by atomic mass is 32.1. The van der Waals surface area contributed by atoms with Crippen molar-refractivity contribution in [2.45, 2.75) is 47.0 Å². The van der Waals surface area contributed by atoms with Crippen LogP contribution in [0.2, 0.25) is 0 Å². The van der Waals surface area contributed by atoms with E-state index in [0.29, 0.717) is 19.8 Å². The second-order valence-corrected chi connectivity index (χ2v) is 5.89. The van der Waals surface area contributed by atoms with Crippen molar-refractivity contribution in [3.05, 3.63) is 21.4 Å². The van der Waals surface area contributed by atoms with Gasteiger partial charge < -0.3 is 14.8 Å². The molecular weight excluding hydrogens is 246 g/mol. The predicted molar refractivity (Wildman–Crippen MR) is 77.2 cm³/mol. The Balaban J connectivity index is 2.26. The largest absolute Gasteiger partial charge is 0.376 e. The second kappa shape index (κ2) is 8.64. The van der Waals surface area contributed by atoms with Gasteiger partial charge in [0.25, 0.3) is 0 Å². The first kappa shape index (κ1) is 15.6. The van der Waals surface area contributed by atoms with Crippen molar-refractivity contribution >= 4 is 11.3 Å². The number of nitrogens with one attached hydrogen (secondary N) is 1. The highest BCUT2D eigenvalue weighted by Gasteiger charge is 2.05. The van der Waals surface area contributed by atoms with Gasteiger partial charge in [-0.1, -0.05) is 6.92 Å². The van der Waals surface area contributed by atoms with Crippen LogP contribution in [0.1, 0.15) is 36.1 Å². The van der Waals surface area contributed by atoms with E-state index in [1.165, 1.54) is 15.3 Å². The number of rotatable bonds is 9. The molecule has 0 aromatic carbocycles. The van der Waals surface area contributed by atoms with E-state index in [1.807, 2.05) is 25.2 Å². The highest BCUT2D eigenvalue weighted by Crippen LogP contribution is 2.22. The van der Waals surface area contributed by atoms with Crippen LogP contribution < -0.4 is 5.32 Å². The van der Waals surface area contributed by atoms with Crippen molar-refractivity contribution in [1.29, 1.82) is 0 Å². The molecule has 0 bridgehead atoms. The number of aryl methyl sites for hydroxylation is 1. The van der Waals surface area contributed by atoms with Crippen molar-refractivity contribution in [1.82, 2.24) is 5.32 Å². The molecule has 0 aliphatic rings. The SMILES string of the molecule is CCNCc1cc(COCCOC(C)C)c(C)s1. The van der Waals surface area contributed by atoms with Crippen molar-refractivity contribution in [2.24, 2.45) is 0 Å². The monoisotopic (exact) mass is 271 g/mol. The lowest BCUT2D eigenvalue weighted by molar-refractivity contribution is 0.0142. The summed E-state index contributed by atoms with van der Waals surface area (Å²) in [6.07, 6.45) is 0.281. The molecule has 0 radical (unpaired) electrons. The molecule has 0 amide bonds. The van der Waals surface area contributed by atoms with E-state index in [-0.39, 0.29) is 6.10 Å². The van der Waals surface area contributed by atoms with Crippen molar-refractivity contribution in [3.8, 4) is 0 Å². The third kappa shape index (κ3) is 5.96. The molecule has 1 aromatic rings. The number of thiophene rings is 1. The van der Waals surface area contributed by atoms with Crippen LogP contribution in [0.25, 0.3) is 0 Å². The van der Waals surface area contributed by atoms with E-state index in [4.69, 9.17) is 9.47 Å². The maximum absolute atomic E-state index is 5.63. The van der Waals surface area contributed by atoms with Gasteiger partial charge in [-0.05, 0) is 38.9 Å². The molecule has 0 atom stereocenters. The normalized spacial score (nSPS) is 11.4. The molecule has 0 spiro atoms. The fraction of sp³-hybridized carbons (Fsp3) is 0.714. The molecule has 0 aliphatic heterocycles. The molecule has 18 heavy (non-hydrogen) atoms. The lowest BCUT2D eigenvalue weighted by Gasteiger charge is -2.07. The lowest BCUT2D eigenvalue weighted by Crippen LogP contribution is -2.10. The van der Waals surface area contributed by atoms with Crippen LogP contribution in [0.3, 0.4) is 0 Å². The van der Waals surface area contributed by atoms with Crippen LogP contribution >= 0.6 is 11.3 Å². The van der Waals surface area contributed by atoms with Gasteiger partial charge in [0.05, 0.1) is 25.9 Å². The number of ether oxygens (including phenoxy) is 2. The molecule has 1 aromatic heterocycles. The molecule has 0 unspecified atom stereocenters. The van der Waals surface area contributed by atoms with Crippen LogP contribution in [-0.4, -0.2) is 25.9 Å². The third-order valence-corrected chi connectivity index (χ3v) is 3.65. The fourth-order valence-electron chi connectivity index (χ4n) is 1.59. The van der Waals surface area contributed by atoms with Crippen molar-refractivity contribution in [2.75, 3.05) is 19.8 Å². The molecule has 104 valence electrons. The fourth-order valence-corrected chi connectivity index (χ4v) is 2.61. The molecule has 0 aliphatic carbocycles. The van der Waals surface area contributed by atoms with Gasteiger partial charge in [0.15, 0.2) is 0 Å². The Bertz CT molecular complexity index is 337. The molecule has 1 rings (SSSR count). The minimum absolute atomic E-state index is 0.281. The van der Waals surface area contributed by atoms with E-state index in [1.54, 1.807) is 0 Å². The van der Waals surface area contributed by atoms with E-state index >= 15 is 0 Å². The first-order valence-electron chi connectivity index (χ1n) is 6.61. The van der Waals surface area contributed by atoms with Crippen LogP contribution in [-0.2, 0) is 22.6 Å². The first-order valence-corrected chi connectivity index (χ1v) is 7.43. The molecule has 3 nitrogen and oxygen atoms in total. The summed E-state index contributed by atoms with van der Waals surface area (Å²) in [5, 5.41) is 3.34. The Morgan fingerprint density at radius 2 is 2.11 bits per heavy atom. The molecular formula is C14H25NO2S. The van der Waals surface area contributed by atoms with E-state index in [9.17, 15) is 0 Å². The molecule has 0 saturated carbocycles. The quantitative estimate of drug-likeness (QED) is 0.700. The average Bonchev–Trinajstić information content (AvgIpc) is 2.67. The molecule has 4 heteroatoms. The van der Waals surface area contributed by atoms with Gasteiger partial charge in [-0.3, -0.25) is 0 Å². The van der Waals surface area contributed by atoms with E-state index in [2.05, 4.69) is 25.2 Å². The summed E-state index contributed by atoms with van der Waals surface area (Å²) < 4.78 is 11.1. The molecule has 1 heterocycles. The Kier molecular flexibility index (Phi) is 7.51. The van der Waals surface area contributed by atoms with Gasteiger partial charge in [0, 0.05) is 16.3 Å². The first-order chi connectivity index (χ1) is 8.63. The Morgan fingerprint density at radius 1 is 1.33 bits per heavy atom. The topological polar surface area (TPSA) is 30.5 Å². The van der Waals surface area contributed by atoms with Gasteiger partial charge in [-0.15, -0.1) is 11.3 Å². The Labute approximate surface area is 114 Å². The van der Waals surface area contributed by atoms with Crippen LogP contribution in [0, 0.1) is 6.92 Å². The second-order valence-electron chi connectivity index (χ2n) is 4.55. The average molecular weight is 271 g/mol. The summed E-state index contributed by atoms with van der Waals surface area (Å²) in [5.41, 5.74) is 1.30. The van der Waals surface area contributed by atoms with Crippen LogP contribution in [0.4, 0.5) is 0 Å². The van der Waals surface area contributed by atoms with E-state index < -0.39 is 0 Å². The minimum Gasteiger partial charge on any atom is -0.376 e. The summed E-state index contributed by atoms with van der Waals surface area (Å²) >= 11 is 1.85. The summed E-state index contributed by atoms with van der Waals surface area (Å²) in [6.45, 7) is 12.3. The van der Waals surface area contributed by atoms with Crippen molar-refractivity contribution in [3.63, 3.8) is 0 Å². The number of hydrogen-bond donors (Lipinski definition) is 1. The van der Waals surface area contributed by atoms with Gasteiger partial charge in [0.2, 0.25) is 0 Å². The smallest absolute Gasteiger partial charge is 0.0728 e. The zero-order chi connectivity index (χ0) is 13.4. The Hall–Kier alpha value is -0.420. The van der Waals surface area contributed by atoms with Crippen LogP contribution in [0.5, 0.6) is 0 Å². The lowest BCUT2D eigenvalue weighted by atomic mass is 10.2. The van der Waals surface area contributed by atoms with Crippen LogP contribution in [0.15, 0.2) is 6.07 Å². The van der Waals surface area contributed by atoms with Crippen molar-refractivity contribution < 1.29 is 9.47 Å². The van der Waals surface area contributed by atoms with Gasteiger partial charge in [0.1, 0.15) is 0 Å².